The molecule has 0 unspecified atom stereocenters. The van der Waals surface area contributed by atoms with Crippen molar-refractivity contribution in [2.24, 2.45) is 10.2 Å². The summed E-state index contributed by atoms with van der Waals surface area (Å²) in [6.07, 6.45) is 7.55. The Balaban J connectivity index is 1.53. The molecule has 2 aromatic rings. The summed E-state index contributed by atoms with van der Waals surface area (Å²) >= 11 is 5.91. The molecule has 27 heavy (non-hydrogen) atoms. The van der Waals surface area contributed by atoms with E-state index in [4.69, 9.17) is 18.0 Å². The van der Waals surface area contributed by atoms with Crippen LogP contribution in [-0.4, -0.2) is 11.6 Å². The lowest BCUT2D eigenvalue weighted by molar-refractivity contribution is -0.116. The molecule has 0 aromatic heterocycles. The predicted molar refractivity (Wildman–Crippen MR) is 109 cm³/mol. The number of para-hydroxylation sites is 2. The van der Waals surface area contributed by atoms with Crippen LogP contribution in [0.2, 0.25) is 5.02 Å². The van der Waals surface area contributed by atoms with Gasteiger partial charge in [-0.2, -0.15) is 10.2 Å². The monoisotopic (exact) mass is 380 g/mol. The highest BCUT2D eigenvalue weighted by atomic mass is 35.5. The van der Waals surface area contributed by atoms with Crippen molar-refractivity contribution in [1.82, 2.24) is 0 Å². The second-order valence-corrected chi connectivity index (χ2v) is 6.90. The second kappa shape index (κ2) is 8.70. The highest BCUT2D eigenvalue weighted by Crippen LogP contribution is 2.37. The van der Waals surface area contributed by atoms with Crippen molar-refractivity contribution in [3.05, 3.63) is 59.1 Å². The molecule has 0 atom stereocenters. The van der Waals surface area contributed by atoms with E-state index in [0.29, 0.717) is 37.3 Å². The third kappa shape index (κ3) is 5.57. The SMILES string of the molecule is C#CCCC1(CCC(=O)Nc2ccccc2NCc2ccc(Cl)cc2)N=N1. The summed E-state index contributed by atoms with van der Waals surface area (Å²) in [6, 6.07) is 15.3. The first-order chi connectivity index (χ1) is 13.1. The Kier molecular flexibility index (Phi) is 6.10. The minimum Gasteiger partial charge on any atom is -0.379 e. The Morgan fingerprint density at radius 3 is 2.44 bits per heavy atom. The molecule has 0 bridgehead atoms. The molecule has 2 N–H and O–H groups in total. The summed E-state index contributed by atoms with van der Waals surface area (Å²) in [7, 11) is 0. The van der Waals surface area contributed by atoms with E-state index in [0.717, 1.165) is 16.9 Å². The summed E-state index contributed by atoms with van der Waals surface area (Å²) in [5.74, 6) is 2.53. The van der Waals surface area contributed by atoms with Gasteiger partial charge in [0.05, 0.1) is 11.4 Å². The number of carbonyl (C=O) groups is 1. The van der Waals surface area contributed by atoms with E-state index < -0.39 is 5.66 Å². The molecule has 0 radical (unpaired) electrons. The highest BCUT2D eigenvalue weighted by molar-refractivity contribution is 6.30. The van der Waals surface area contributed by atoms with Gasteiger partial charge in [0.2, 0.25) is 5.91 Å². The molecule has 1 amide bonds. The molecule has 138 valence electrons. The van der Waals surface area contributed by atoms with E-state index in [-0.39, 0.29) is 5.91 Å². The second-order valence-electron chi connectivity index (χ2n) is 6.46. The topological polar surface area (TPSA) is 65.8 Å². The van der Waals surface area contributed by atoms with E-state index in [1.54, 1.807) is 0 Å². The van der Waals surface area contributed by atoms with Crippen LogP contribution < -0.4 is 10.6 Å². The number of hydrogen-bond acceptors (Lipinski definition) is 4. The minimum absolute atomic E-state index is 0.0619. The van der Waals surface area contributed by atoms with Crippen LogP contribution in [0.5, 0.6) is 0 Å². The number of nitrogens with one attached hydrogen (secondary N) is 2. The van der Waals surface area contributed by atoms with Gasteiger partial charge in [-0.15, -0.1) is 12.3 Å². The molecule has 0 saturated carbocycles. The van der Waals surface area contributed by atoms with Gasteiger partial charge in [0, 0.05) is 37.3 Å². The fraction of sp³-hybridized carbons (Fsp3) is 0.286. The molecule has 1 aliphatic rings. The number of hydrogen-bond donors (Lipinski definition) is 2. The maximum atomic E-state index is 12.3. The van der Waals surface area contributed by atoms with Crippen molar-refractivity contribution in [3.8, 4) is 12.3 Å². The van der Waals surface area contributed by atoms with Crippen LogP contribution >= 0.6 is 11.6 Å². The van der Waals surface area contributed by atoms with Gasteiger partial charge < -0.3 is 10.6 Å². The number of rotatable bonds is 9. The Hall–Kier alpha value is -2.84. The Morgan fingerprint density at radius 1 is 1.07 bits per heavy atom. The Morgan fingerprint density at radius 2 is 1.78 bits per heavy atom. The van der Waals surface area contributed by atoms with Gasteiger partial charge in [-0.25, -0.2) is 0 Å². The van der Waals surface area contributed by atoms with Gasteiger partial charge in [0.25, 0.3) is 0 Å². The van der Waals surface area contributed by atoms with Crippen LogP contribution in [0.3, 0.4) is 0 Å². The van der Waals surface area contributed by atoms with Gasteiger partial charge >= 0.3 is 0 Å². The van der Waals surface area contributed by atoms with Crippen molar-refractivity contribution in [2.45, 2.75) is 37.9 Å². The maximum Gasteiger partial charge on any atom is 0.224 e. The molecule has 0 aliphatic carbocycles. The van der Waals surface area contributed by atoms with Crippen LogP contribution in [0.4, 0.5) is 11.4 Å². The van der Waals surface area contributed by atoms with Gasteiger partial charge in [0.15, 0.2) is 5.66 Å². The third-order valence-electron chi connectivity index (χ3n) is 4.40. The molecule has 3 rings (SSSR count). The number of anilines is 2. The summed E-state index contributed by atoms with van der Waals surface area (Å²) in [5.41, 5.74) is 2.28. The van der Waals surface area contributed by atoms with Crippen molar-refractivity contribution in [1.29, 1.82) is 0 Å². The zero-order valence-electron chi connectivity index (χ0n) is 14.9. The van der Waals surface area contributed by atoms with Crippen LogP contribution in [0.15, 0.2) is 58.8 Å². The molecule has 0 spiro atoms. The smallest absolute Gasteiger partial charge is 0.224 e. The average Bonchev–Trinajstić information content (AvgIpc) is 3.46. The normalized spacial score (nSPS) is 13.6. The third-order valence-corrected chi connectivity index (χ3v) is 4.65. The average molecular weight is 381 g/mol. The molecule has 5 nitrogen and oxygen atoms in total. The first kappa shape index (κ1) is 18.9. The quantitative estimate of drug-likeness (QED) is 0.584. The Labute approximate surface area is 164 Å². The standard InChI is InChI=1S/C21H21ClN4O/c1-2-3-13-21(25-26-21)14-12-20(27)24-19-7-5-4-6-18(19)23-15-16-8-10-17(22)11-9-16/h1,4-11,23H,3,12-15H2,(H,24,27). The minimum atomic E-state index is -0.434. The van der Waals surface area contributed by atoms with Gasteiger partial charge in [-0.3, -0.25) is 4.79 Å². The molecule has 1 aliphatic heterocycles. The first-order valence-electron chi connectivity index (χ1n) is 8.85. The molecule has 2 aromatic carbocycles. The maximum absolute atomic E-state index is 12.3. The van der Waals surface area contributed by atoms with E-state index in [1.807, 2.05) is 48.5 Å². The van der Waals surface area contributed by atoms with Crippen molar-refractivity contribution in [2.75, 3.05) is 10.6 Å². The number of carbonyl (C=O) groups excluding carboxylic acids is 1. The van der Waals surface area contributed by atoms with Crippen LogP contribution in [0.25, 0.3) is 0 Å². The van der Waals surface area contributed by atoms with E-state index in [1.165, 1.54) is 0 Å². The number of terminal acetylenes is 1. The molecule has 1 heterocycles. The van der Waals surface area contributed by atoms with Crippen molar-refractivity contribution >= 4 is 28.9 Å². The van der Waals surface area contributed by atoms with Crippen molar-refractivity contribution < 1.29 is 4.79 Å². The van der Waals surface area contributed by atoms with Gasteiger partial charge in [-0.1, -0.05) is 35.9 Å². The Bertz CT molecular complexity index is 864. The fourth-order valence-corrected chi connectivity index (χ4v) is 2.87. The molecular formula is C21H21ClN4O. The zero-order valence-corrected chi connectivity index (χ0v) is 15.7. The zero-order chi connectivity index (χ0) is 19.1. The van der Waals surface area contributed by atoms with E-state index >= 15 is 0 Å². The molecular weight excluding hydrogens is 360 g/mol. The largest absolute Gasteiger partial charge is 0.379 e. The number of halogens is 1. The highest BCUT2D eigenvalue weighted by Gasteiger charge is 2.39. The number of benzene rings is 2. The molecule has 0 fully saturated rings. The summed E-state index contributed by atoms with van der Waals surface area (Å²) in [5, 5.41) is 15.2. The van der Waals surface area contributed by atoms with Crippen molar-refractivity contribution in [3.63, 3.8) is 0 Å². The van der Waals surface area contributed by atoms with E-state index in [2.05, 4.69) is 26.8 Å². The predicted octanol–water partition coefficient (Wildman–Crippen LogP) is 5.25. The van der Waals surface area contributed by atoms with E-state index in [9.17, 15) is 4.79 Å². The van der Waals surface area contributed by atoms with Gasteiger partial charge in [-0.05, 0) is 29.8 Å². The van der Waals surface area contributed by atoms with Crippen LogP contribution in [0.1, 0.15) is 31.2 Å². The summed E-state index contributed by atoms with van der Waals surface area (Å²) in [4.78, 5) is 12.3. The first-order valence-corrected chi connectivity index (χ1v) is 9.23. The number of amides is 1. The lowest BCUT2D eigenvalue weighted by atomic mass is 10.0. The lowest BCUT2D eigenvalue weighted by Crippen LogP contribution is -2.18. The summed E-state index contributed by atoms with van der Waals surface area (Å²) in [6.45, 7) is 0.636. The molecule has 6 heteroatoms. The molecule has 0 saturated heterocycles. The van der Waals surface area contributed by atoms with Gasteiger partial charge in [0.1, 0.15) is 0 Å². The van der Waals surface area contributed by atoms with Crippen LogP contribution in [0, 0.1) is 12.3 Å². The lowest BCUT2D eigenvalue weighted by Gasteiger charge is -2.14. The fourth-order valence-electron chi connectivity index (χ4n) is 2.74. The van der Waals surface area contributed by atoms with Crippen LogP contribution in [-0.2, 0) is 11.3 Å². The number of nitrogens with zero attached hydrogens (tertiary/aromatic N) is 2. The summed E-state index contributed by atoms with van der Waals surface area (Å²) < 4.78 is 0.